The second-order valence-corrected chi connectivity index (χ2v) is 5.68. The van der Waals surface area contributed by atoms with Crippen LogP contribution in [0.5, 0.6) is 11.5 Å². The molecule has 0 fully saturated rings. The summed E-state index contributed by atoms with van der Waals surface area (Å²) in [6, 6.07) is 10.2. The average molecular weight is 314 g/mol. The van der Waals surface area contributed by atoms with Gasteiger partial charge < -0.3 is 20.9 Å². The SMILES string of the molecule is Cc1cccc(C)c1OCC(C)NC(=O)c1ccc(N)cc1O. The summed E-state index contributed by atoms with van der Waals surface area (Å²) < 4.78 is 5.82. The highest BCUT2D eigenvalue weighted by Crippen LogP contribution is 2.23. The molecule has 23 heavy (non-hydrogen) atoms. The molecule has 0 saturated carbocycles. The van der Waals surface area contributed by atoms with Crippen LogP contribution in [0.4, 0.5) is 5.69 Å². The minimum atomic E-state index is -0.361. The zero-order valence-electron chi connectivity index (χ0n) is 13.6. The van der Waals surface area contributed by atoms with Crippen LogP contribution in [0.25, 0.3) is 0 Å². The molecule has 1 atom stereocenters. The van der Waals surface area contributed by atoms with E-state index in [0.29, 0.717) is 12.3 Å². The monoisotopic (exact) mass is 314 g/mol. The van der Waals surface area contributed by atoms with Gasteiger partial charge in [-0.15, -0.1) is 0 Å². The van der Waals surface area contributed by atoms with E-state index in [1.165, 1.54) is 12.1 Å². The van der Waals surface area contributed by atoms with Crippen molar-refractivity contribution in [2.24, 2.45) is 0 Å². The highest BCUT2D eigenvalue weighted by molar-refractivity contribution is 5.97. The molecule has 2 aromatic carbocycles. The van der Waals surface area contributed by atoms with Crippen molar-refractivity contribution >= 4 is 11.6 Å². The lowest BCUT2D eigenvalue weighted by molar-refractivity contribution is 0.0924. The van der Waals surface area contributed by atoms with E-state index < -0.39 is 0 Å². The molecule has 1 amide bonds. The van der Waals surface area contributed by atoms with Crippen molar-refractivity contribution < 1.29 is 14.6 Å². The number of hydrogen-bond acceptors (Lipinski definition) is 4. The molecular weight excluding hydrogens is 292 g/mol. The minimum Gasteiger partial charge on any atom is -0.507 e. The van der Waals surface area contributed by atoms with E-state index in [4.69, 9.17) is 10.5 Å². The molecule has 0 heterocycles. The lowest BCUT2D eigenvalue weighted by Crippen LogP contribution is -2.36. The van der Waals surface area contributed by atoms with E-state index in [0.717, 1.165) is 16.9 Å². The summed E-state index contributed by atoms with van der Waals surface area (Å²) in [5, 5.41) is 12.6. The van der Waals surface area contributed by atoms with Gasteiger partial charge in [-0.25, -0.2) is 0 Å². The maximum atomic E-state index is 12.2. The Morgan fingerprint density at radius 2 is 1.91 bits per heavy atom. The zero-order chi connectivity index (χ0) is 17.0. The van der Waals surface area contributed by atoms with Gasteiger partial charge in [0, 0.05) is 11.8 Å². The molecular formula is C18H22N2O3. The molecule has 2 rings (SSSR count). The van der Waals surface area contributed by atoms with Crippen molar-refractivity contribution in [2.45, 2.75) is 26.8 Å². The summed E-state index contributed by atoms with van der Waals surface area (Å²) in [6.45, 7) is 6.16. The molecule has 1 unspecified atom stereocenters. The maximum Gasteiger partial charge on any atom is 0.255 e. The van der Waals surface area contributed by atoms with Crippen molar-refractivity contribution in [3.05, 3.63) is 53.1 Å². The van der Waals surface area contributed by atoms with Crippen LogP contribution in [-0.4, -0.2) is 23.7 Å². The second kappa shape index (κ2) is 7.05. The van der Waals surface area contributed by atoms with Crippen LogP contribution >= 0.6 is 0 Å². The normalized spacial score (nSPS) is 11.8. The topological polar surface area (TPSA) is 84.6 Å². The molecule has 0 saturated heterocycles. The minimum absolute atomic E-state index is 0.134. The van der Waals surface area contributed by atoms with E-state index in [2.05, 4.69) is 5.32 Å². The van der Waals surface area contributed by atoms with Crippen LogP contribution in [0.3, 0.4) is 0 Å². The van der Waals surface area contributed by atoms with Crippen molar-refractivity contribution in [1.82, 2.24) is 5.32 Å². The number of amides is 1. The fraction of sp³-hybridized carbons (Fsp3) is 0.278. The summed E-state index contributed by atoms with van der Waals surface area (Å²) in [6.07, 6.45) is 0. The predicted molar refractivity (Wildman–Crippen MR) is 90.9 cm³/mol. The van der Waals surface area contributed by atoms with Gasteiger partial charge in [-0.05, 0) is 44.0 Å². The Balaban J connectivity index is 1.97. The van der Waals surface area contributed by atoms with Gasteiger partial charge in [-0.2, -0.15) is 0 Å². The molecule has 4 N–H and O–H groups in total. The number of carbonyl (C=O) groups is 1. The Hall–Kier alpha value is -2.69. The standard InChI is InChI=1S/C18H22N2O3/c1-11-5-4-6-12(2)17(11)23-10-13(3)20-18(22)15-8-7-14(19)9-16(15)21/h4-9,13,21H,10,19H2,1-3H3,(H,20,22). The van der Waals surface area contributed by atoms with Gasteiger partial charge in [0.25, 0.3) is 5.91 Å². The van der Waals surface area contributed by atoms with Crippen LogP contribution in [-0.2, 0) is 0 Å². The Bertz CT molecular complexity index is 693. The van der Waals surface area contributed by atoms with Crippen molar-refractivity contribution in [1.29, 1.82) is 0 Å². The Morgan fingerprint density at radius 1 is 1.26 bits per heavy atom. The number of benzene rings is 2. The van der Waals surface area contributed by atoms with Gasteiger partial charge in [0.1, 0.15) is 18.1 Å². The van der Waals surface area contributed by atoms with Gasteiger partial charge in [-0.3, -0.25) is 4.79 Å². The fourth-order valence-electron chi connectivity index (χ4n) is 2.32. The van der Waals surface area contributed by atoms with Crippen molar-refractivity contribution in [3.63, 3.8) is 0 Å². The lowest BCUT2D eigenvalue weighted by Gasteiger charge is -2.18. The van der Waals surface area contributed by atoms with E-state index in [1.807, 2.05) is 39.0 Å². The number of aryl methyl sites for hydroxylation is 2. The molecule has 5 heteroatoms. The number of aromatic hydroxyl groups is 1. The van der Waals surface area contributed by atoms with Crippen LogP contribution in [0.2, 0.25) is 0 Å². The highest BCUT2D eigenvalue weighted by atomic mass is 16.5. The third kappa shape index (κ3) is 4.16. The Morgan fingerprint density at radius 3 is 2.52 bits per heavy atom. The number of phenols is 1. The van der Waals surface area contributed by atoms with Crippen molar-refractivity contribution in [2.75, 3.05) is 12.3 Å². The first-order chi connectivity index (χ1) is 10.9. The predicted octanol–water partition coefficient (Wildman–Crippen LogP) is 2.79. The molecule has 0 spiro atoms. The average Bonchev–Trinajstić information content (AvgIpc) is 2.46. The number of nitrogen functional groups attached to an aromatic ring is 1. The summed E-state index contributed by atoms with van der Waals surface area (Å²) in [5.74, 6) is 0.342. The molecule has 0 aromatic heterocycles. The quantitative estimate of drug-likeness (QED) is 0.741. The molecule has 0 bridgehead atoms. The number of para-hydroxylation sites is 1. The molecule has 0 aliphatic carbocycles. The first kappa shape index (κ1) is 16.7. The van der Waals surface area contributed by atoms with Gasteiger partial charge >= 0.3 is 0 Å². The number of nitrogens with one attached hydrogen (secondary N) is 1. The third-order valence-corrected chi connectivity index (χ3v) is 3.53. The smallest absolute Gasteiger partial charge is 0.255 e. The second-order valence-electron chi connectivity index (χ2n) is 5.68. The summed E-state index contributed by atoms with van der Waals surface area (Å²) in [7, 11) is 0. The van der Waals surface area contributed by atoms with Gasteiger partial charge in [-0.1, -0.05) is 18.2 Å². The number of rotatable bonds is 5. The van der Waals surface area contributed by atoms with Crippen LogP contribution < -0.4 is 15.8 Å². The van der Waals surface area contributed by atoms with E-state index in [9.17, 15) is 9.90 Å². The number of ether oxygens (including phenoxy) is 1. The first-order valence-electron chi connectivity index (χ1n) is 7.47. The summed E-state index contributed by atoms with van der Waals surface area (Å²) in [5.41, 5.74) is 8.27. The lowest BCUT2D eigenvalue weighted by atomic mass is 10.1. The molecule has 2 aromatic rings. The third-order valence-electron chi connectivity index (χ3n) is 3.53. The zero-order valence-corrected chi connectivity index (χ0v) is 13.6. The summed E-state index contributed by atoms with van der Waals surface area (Å²) in [4.78, 5) is 12.2. The number of carbonyl (C=O) groups excluding carboxylic acids is 1. The van der Waals surface area contributed by atoms with Gasteiger partial charge in [0.05, 0.1) is 11.6 Å². The van der Waals surface area contributed by atoms with Crippen LogP contribution in [0.15, 0.2) is 36.4 Å². The molecule has 5 nitrogen and oxygen atoms in total. The molecule has 122 valence electrons. The molecule has 0 aliphatic rings. The maximum absolute atomic E-state index is 12.2. The van der Waals surface area contributed by atoms with Gasteiger partial charge in [0.2, 0.25) is 0 Å². The van der Waals surface area contributed by atoms with E-state index in [-0.39, 0.29) is 23.3 Å². The number of anilines is 1. The van der Waals surface area contributed by atoms with Crippen molar-refractivity contribution in [3.8, 4) is 11.5 Å². The summed E-state index contributed by atoms with van der Waals surface area (Å²) >= 11 is 0. The first-order valence-corrected chi connectivity index (χ1v) is 7.47. The van der Waals surface area contributed by atoms with Crippen LogP contribution in [0, 0.1) is 13.8 Å². The number of hydrogen-bond donors (Lipinski definition) is 3. The number of nitrogens with two attached hydrogens (primary N) is 1. The van der Waals surface area contributed by atoms with E-state index >= 15 is 0 Å². The largest absolute Gasteiger partial charge is 0.507 e. The highest BCUT2D eigenvalue weighted by Gasteiger charge is 2.15. The van der Waals surface area contributed by atoms with Crippen LogP contribution in [0.1, 0.15) is 28.4 Å². The van der Waals surface area contributed by atoms with Gasteiger partial charge in [0.15, 0.2) is 0 Å². The molecule has 0 aliphatic heterocycles. The molecule has 0 radical (unpaired) electrons. The fourth-order valence-corrected chi connectivity index (χ4v) is 2.32. The number of phenolic OH excluding ortho intramolecular Hbond substituents is 1. The Labute approximate surface area is 136 Å². The van der Waals surface area contributed by atoms with E-state index in [1.54, 1.807) is 6.07 Å². The Kier molecular flexibility index (Phi) is 5.11.